The Bertz CT molecular complexity index is 547. The highest BCUT2D eigenvalue weighted by atomic mass is 16.5. The molecule has 1 aromatic heterocycles. The third-order valence-corrected chi connectivity index (χ3v) is 3.33. The number of carbonyl (C=O) groups is 1. The van der Waals surface area contributed by atoms with E-state index in [1.54, 1.807) is 12.1 Å². The summed E-state index contributed by atoms with van der Waals surface area (Å²) >= 11 is 0. The predicted octanol–water partition coefficient (Wildman–Crippen LogP) is 1.91. The molecule has 2 aromatic rings. The number of benzene rings is 1. The number of hydrogen-bond acceptors (Lipinski definition) is 4. The minimum absolute atomic E-state index is 0.429. The Morgan fingerprint density at radius 2 is 2.16 bits per heavy atom. The third kappa shape index (κ3) is 3.12. The average molecular weight is 261 g/mol. The summed E-state index contributed by atoms with van der Waals surface area (Å²) in [7, 11) is 0. The molecule has 102 valence electrons. The fraction of sp³-hybridized carbons (Fsp3) is 0.429. The summed E-state index contributed by atoms with van der Waals surface area (Å²) in [5, 5.41) is 0. The van der Waals surface area contributed by atoms with Crippen LogP contribution in [0.2, 0.25) is 0 Å². The lowest BCUT2D eigenvalue weighted by Gasteiger charge is -2.18. The molecule has 0 radical (unpaired) electrons. The number of nitrogens with zero attached hydrogens (tertiary/aromatic N) is 3. The van der Waals surface area contributed by atoms with Gasteiger partial charge in [0.1, 0.15) is 5.75 Å². The van der Waals surface area contributed by atoms with Gasteiger partial charge in [-0.15, -0.1) is 0 Å². The van der Waals surface area contributed by atoms with Gasteiger partial charge in [-0.3, -0.25) is 4.79 Å². The first-order valence-corrected chi connectivity index (χ1v) is 6.56. The molecule has 0 bridgehead atoms. The van der Waals surface area contributed by atoms with Crippen molar-refractivity contribution in [2.24, 2.45) is 0 Å². The number of fused-ring (bicyclic) bond motifs is 1. The molecule has 0 saturated carbocycles. The molecular weight excluding hydrogens is 242 g/mol. The topological polar surface area (TPSA) is 47.4 Å². The van der Waals surface area contributed by atoms with Crippen LogP contribution in [0.15, 0.2) is 24.5 Å². The molecule has 0 unspecified atom stereocenters. The van der Waals surface area contributed by atoms with Gasteiger partial charge in [-0.05, 0) is 25.2 Å². The van der Waals surface area contributed by atoms with Crippen molar-refractivity contribution in [3.8, 4) is 5.75 Å². The van der Waals surface area contributed by atoms with Crippen LogP contribution in [0.5, 0.6) is 5.75 Å². The number of imidazole rings is 1. The van der Waals surface area contributed by atoms with E-state index in [1.165, 1.54) is 0 Å². The van der Waals surface area contributed by atoms with Gasteiger partial charge in [0, 0.05) is 19.2 Å². The molecule has 0 atom stereocenters. The van der Waals surface area contributed by atoms with Gasteiger partial charge in [0.15, 0.2) is 0 Å². The van der Waals surface area contributed by atoms with Gasteiger partial charge in [0.25, 0.3) is 6.47 Å². The first kappa shape index (κ1) is 13.5. The number of aromatic nitrogens is 2. The lowest BCUT2D eigenvalue weighted by Crippen LogP contribution is -2.26. The maximum Gasteiger partial charge on any atom is 0.298 e. The van der Waals surface area contributed by atoms with E-state index < -0.39 is 0 Å². The van der Waals surface area contributed by atoms with Gasteiger partial charge in [-0.2, -0.15) is 0 Å². The van der Waals surface area contributed by atoms with Crippen LogP contribution in [0.25, 0.3) is 11.0 Å². The smallest absolute Gasteiger partial charge is 0.298 e. The van der Waals surface area contributed by atoms with E-state index in [4.69, 9.17) is 4.74 Å². The summed E-state index contributed by atoms with van der Waals surface area (Å²) in [6.07, 6.45) is 1.83. The first-order valence-electron chi connectivity index (χ1n) is 6.56. The van der Waals surface area contributed by atoms with Crippen molar-refractivity contribution in [1.82, 2.24) is 14.5 Å². The fourth-order valence-corrected chi connectivity index (χ4v) is 2.14. The Hall–Kier alpha value is -1.88. The first-order chi connectivity index (χ1) is 9.28. The molecule has 0 saturated heterocycles. The summed E-state index contributed by atoms with van der Waals surface area (Å²) in [5.74, 6) is 0.525. The Kier molecular flexibility index (Phi) is 4.52. The molecule has 2 rings (SSSR count). The lowest BCUT2D eigenvalue weighted by molar-refractivity contribution is -0.120. The SMILES string of the molecule is CCN(CC)CCn1cnc2cc(OC=O)ccc21. The third-order valence-electron chi connectivity index (χ3n) is 3.33. The van der Waals surface area contributed by atoms with Crippen molar-refractivity contribution in [2.45, 2.75) is 20.4 Å². The van der Waals surface area contributed by atoms with Crippen molar-refractivity contribution >= 4 is 17.5 Å². The second-order valence-electron chi connectivity index (χ2n) is 4.33. The molecule has 0 N–H and O–H groups in total. The number of carbonyl (C=O) groups excluding carboxylic acids is 1. The molecule has 5 heteroatoms. The molecule has 0 amide bonds. The van der Waals surface area contributed by atoms with Crippen molar-refractivity contribution < 1.29 is 9.53 Å². The van der Waals surface area contributed by atoms with E-state index in [0.29, 0.717) is 12.2 Å². The largest absolute Gasteiger partial charge is 0.429 e. The van der Waals surface area contributed by atoms with Gasteiger partial charge < -0.3 is 14.2 Å². The van der Waals surface area contributed by atoms with Crippen molar-refractivity contribution in [3.63, 3.8) is 0 Å². The molecule has 0 spiro atoms. The highest BCUT2D eigenvalue weighted by molar-refractivity contribution is 5.77. The van der Waals surface area contributed by atoms with Crippen LogP contribution in [0.4, 0.5) is 0 Å². The summed E-state index contributed by atoms with van der Waals surface area (Å²) < 4.78 is 6.94. The predicted molar refractivity (Wildman–Crippen MR) is 74.2 cm³/mol. The van der Waals surface area contributed by atoms with Crippen LogP contribution in [-0.4, -0.2) is 40.6 Å². The molecule has 19 heavy (non-hydrogen) atoms. The van der Waals surface area contributed by atoms with Gasteiger partial charge in [0.05, 0.1) is 17.4 Å². The molecule has 5 nitrogen and oxygen atoms in total. The normalized spacial score (nSPS) is 11.1. The Balaban J connectivity index is 2.14. The van der Waals surface area contributed by atoms with Crippen molar-refractivity contribution in [1.29, 1.82) is 0 Å². The van der Waals surface area contributed by atoms with Crippen molar-refractivity contribution in [2.75, 3.05) is 19.6 Å². The van der Waals surface area contributed by atoms with E-state index in [-0.39, 0.29) is 0 Å². The van der Waals surface area contributed by atoms with Gasteiger partial charge in [0.2, 0.25) is 0 Å². The fourth-order valence-electron chi connectivity index (χ4n) is 2.14. The number of likely N-dealkylation sites (N-methyl/N-ethyl adjacent to an activating group) is 1. The van der Waals surface area contributed by atoms with Crippen LogP contribution >= 0.6 is 0 Å². The zero-order valence-electron chi connectivity index (χ0n) is 11.4. The van der Waals surface area contributed by atoms with E-state index in [0.717, 1.165) is 37.2 Å². The van der Waals surface area contributed by atoms with Crippen molar-refractivity contribution in [3.05, 3.63) is 24.5 Å². The van der Waals surface area contributed by atoms with E-state index in [1.807, 2.05) is 12.4 Å². The van der Waals surface area contributed by atoms with Crippen LogP contribution in [0.3, 0.4) is 0 Å². The number of ether oxygens (including phenoxy) is 1. The maximum absolute atomic E-state index is 10.3. The lowest BCUT2D eigenvalue weighted by atomic mass is 10.3. The highest BCUT2D eigenvalue weighted by Crippen LogP contribution is 2.19. The molecule has 0 aliphatic rings. The summed E-state index contributed by atoms with van der Waals surface area (Å²) in [6.45, 7) is 8.79. The number of rotatable bonds is 7. The maximum atomic E-state index is 10.3. The Labute approximate surface area is 112 Å². The van der Waals surface area contributed by atoms with E-state index in [2.05, 4.69) is 28.3 Å². The molecule has 0 fully saturated rings. The molecular formula is C14H19N3O2. The van der Waals surface area contributed by atoms with Crippen LogP contribution in [0, 0.1) is 0 Å². The van der Waals surface area contributed by atoms with Gasteiger partial charge in [-0.25, -0.2) is 4.98 Å². The molecule has 1 aromatic carbocycles. The molecule has 0 aliphatic carbocycles. The van der Waals surface area contributed by atoms with Crippen LogP contribution in [-0.2, 0) is 11.3 Å². The molecule has 0 aliphatic heterocycles. The summed E-state index contributed by atoms with van der Waals surface area (Å²) in [6, 6.07) is 5.49. The minimum Gasteiger partial charge on any atom is -0.429 e. The summed E-state index contributed by atoms with van der Waals surface area (Å²) in [4.78, 5) is 17.0. The quantitative estimate of drug-likeness (QED) is 0.714. The Morgan fingerprint density at radius 1 is 1.37 bits per heavy atom. The van der Waals surface area contributed by atoms with Gasteiger partial charge >= 0.3 is 0 Å². The minimum atomic E-state index is 0.429. The zero-order chi connectivity index (χ0) is 13.7. The van der Waals surface area contributed by atoms with E-state index in [9.17, 15) is 4.79 Å². The average Bonchev–Trinajstić information content (AvgIpc) is 2.83. The van der Waals surface area contributed by atoms with Gasteiger partial charge in [-0.1, -0.05) is 13.8 Å². The molecule has 1 heterocycles. The second kappa shape index (κ2) is 6.33. The van der Waals surface area contributed by atoms with Crippen LogP contribution < -0.4 is 4.74 Å². The number of hydrogen-bond donors (Lipinski definition) is 0. The Morgan fingerprint density at radius 3 is 2.84 bits per heavy atom. The highest BCUT2D eigenvalue weighted by Gasteiger charge is 2.06. The standard InChI is InChI=1S/C14H19N3O2/c1-3-16(4-2)7-8-17-10-15-13-9-12(19-11-18)5-6-14(13)17/h5-6,9-11H,3-4,7-8H2,1-2H3. The summed E-state index contributed by atoms with van der Waals surface area (Å²) in [5.41, 5.74) is 1.91. The van der Waals surface area contributed by atoms with E-state index >= 15 is 0 Å². The second-order valence-corrected chi connectivity index (χ2v) is 4.33. The monoisotopic (exact) mass is 261 g/mol. The zero-order valence-corrected chi connectivity index (χ0v) is 11.4. The van der Waals surface area contributed by atoms with Crippen LogP contribution in [0.1, 0.15) is 13.8 Å².